The van der Waals surface area contributed by atoms with Gasteiger partial charge in [0.25, 0.3) is 0 Å². The van der Waals surface area contributed by atoms with E-state index in [2.05, 4.69) is 16.4 Å². The summed E-state index contributed by atoms with van der Waals surface area (Å²) >= 11 is 6.39. The molecule has 5 heteroatoms. The lowest BCUT2D eigenvalue weighted by Gasteiger charge is -2.19. The van der Waals surface area contributed by atoms with Crippen LogP contribution < -0.4 is 5.32 Å². The van der Waals surface area contributed by atoms with Crippen LogP contribution in [-0.2, 0) is 0 Å². The summed E-state index contributed by atoms with van der Waals surface area (Å²) in [6.07, 6.45) is 1.60. The summed E-state index contributed by atoms with van der Waals surface area (Å²) in [4.78, 5) is 4.34. The van der Waals surface area contributed by atoms with E-state index in [0.29, 0.717) is 16.1 Å². The molecule has 0 radical (unpaired) electrons. The zero-order valence-electron chi connectivity index (χ0n) is 15.7. The highest BCUT2D eigenvalue weighted by Gasteiger charge is 2.16. The van der Waals surface area contributed by atoms with Gasteiger partial charge in [-0.2, -0.15) is 5.26 Å². The number of nitrogens with one attached hydrogen (secondary N) is 1. The Morgan fingerprint density at radius 2 is 1.83 bits per heavy atom. The molecule has 1 aromatic heterocycles. The van der Waals surface area contributed by atoms with Crippen molar-refractivity contribution in [3.8, 4) is 17.2 Å². The van der Waals surface area contributed by atoms with Crippen LogP contribution in [0.1, 0.15) is 24.1 Å². The Hall–Kier alpha value is -3.42. The Morgan fingerprint density at radius 1 is 1.03 bits per heavy atom. The van der Waals surface area contributed by atoms with Crippen LogP contribution in [0, 0.1) is 17.1 Å². The van der Waals surface area contributed by atoms with Crippen molar-refractivity contribution < 1.29 is 4.39 Å². The third-order valence-corrected chi connectivity index (χ3v) is 5.16. The summed E-state index contributed by atoms with van der Waals surface area (Å²) in [5, 5.41) is 13.8. The average Bonchev–Trinajstić information content (AvgIpc) is 2.76. The number of para-hydroxylation sites is 1. The number of nitriles is 1. The summed E-state index contributed by atoms with van der Waals surface area (Å²) in [5.41, 5.74) is 4.33. The Labute approximate surface area is 173 Å². The first-order valence-electron chi connectivity index (χ1n) is 9.16. The smallest absolute Gasteiger partial charge is 0.128 e. The molecule has 0 bridgehead atoms. The summed E-state index contributed by atoms with van der Waals surface area (Å²) in [5.74, 6) is -0.306. The highest BCUT2D eigenvalue weighted by atomic mass is 35.5. The molecule has 1 N–H and O–H groups in total. The second-order valence-corrected chi connectivity index (χ2v) is 7.20. The van der Waals surface area contributed by atoms with E-state index in [1.165, 1.54) is 6.07 Å². The molecule has 0 saturated carbocycles. The summed E-state index contributed by atoms with van der Waals surface area (Å²) < 4.78 is 14.7. The van der Waals surface area contributed by atoms with Crippen LogP contribution in [0.2, 0.25) is 5.02 Å². The highest BCUT2D eigenvalue weighted by molar-refractivity contribution is 6.34. The average molecular weight is 402 g/mol. The number of rotatable bonds is 4. The van der Waals surface area contributed by atoms with E-state index in [-0.39, 0.29) is 11.9 Å². The minimum absolute atomic E-state index is 0.306. The maximum Gasteiger partial charge on any atom is 0.128 e. The molecule has 0 saturated heterocycles. The van der Waals surface area contributed by atoms with E-state index in [1.807, 2.05) is 43.3 Å². The van der Waals surface area contributed by atoms with Crippen molar-refractivity contribution in [1.82, 2.24) is 4.98 Å². The lowest BCUT2D eigenvalue weighted by molar-refractivity contribution is 0.600. The molecule has 142 valence electrons. The minimum atomic E-state index is -0.336. The molecule has 0 unspecified atom stereocenters. The van der Waals surface area contributed by atoms with Gasteiger partial charge in [0.1, 0.15) is 5.82 Å². The molecule has 3 nitrogen and oxygen atoms in total. The fourth-order valence-corrected chi connectivity index (χ4v) is 3.59. The van der Waals surface area contributed by atoms with Crippen LogP contribution >= 0.6 is 11.6 Å². The highest BCUT2D eigenvalue weighted by Crippen LogP contribution is 2.34. The number of benzene rings is 3. The molecule has 0 aliphatic rings. The maximum atomic E-state index is 14.7. The van der Waals surface area contributed by atoms with Gasteiger partial charge < -0.3 is 5.32 Å². The Bertz CT molecular complexity index is 1250. The second-order valence-electron chi connectivity index (χ2n) is 6.79. The third kappa shape index (κ3) is 3.78. The molecule has 0 fully saturated rings. The Kier molecular flexibility index (Phi) is 5.16. The topological polar surface area (TPSA) is 48.7 Å². The van der Waals surface area contributed by atoms with Crippen LogP contribution in [0.3, 0.4) is 0 Å². The lowest BCUT2D eigenvalue weighted by Crippen LogP contribution is -2.10. The summed E-state index contributed by atoms with van der Waals surface area (Å²) in [7, 11) is 0. The quantitative estimate of drug-likeness (QED) is 0.412. The molecule has 29 heavy (non-hydrogen) atoms. The third-order valence-electron chi connectivity index (χ3n) is 4.88. The largest absolute Gasteiger partial charge is 0.377 e. The number of fused-ring (bicyclic) bond motifs is 1. The molecule has 3 aromatic carbocycles. The Morgan fingerprint density at radius 3 is 2.66 bits per heavy atom. The van der Waals surface area contributed by atoms with Crippen LogP contribution in [0.15, 0.2) is 72.9 Å². The standard InChI is InChI=1S/C24H17ClFN3/c1-15(29-24-19-7-2-3-8-23(19)28-14-21(24)25)20-12-18(9-10-22(20)26)17-6-4-5-16(11-17)13-27/h2-12,14-15H,1H3,(H,28,29)/t15-/m1/s1. The molecule has 0 spiro atoms. The zero-order chi connectivity index (χ0) is 20.4. The maximum absolute atomic E-state index is 14.7. The molecule has 1 heterocycles. The van der Waals surface area contributed by atoms with Crippen LogP contribution in [0.5, 0.6) is 0 Å². The first-order valence-corrected chi connectivity index (χ1v) is 9.54. The van der Waals surface area contributed by atoms with Gasteiger partial charge in [0.2, 0.25) is 0 Å². The van der Waals surface area contributed by atoms with Crippen molar-refractivity contribution >= 4 is 28.2 Å². The number of nitrogens with zero attached hydrogens (tertiary/aromatic N) is 2. The normalized spacial score (nSPS) is 11.8. The first-order chi connectivity index (χ1) is 14.1. The van der Waals surface area contributed by atoms with Crippen molar-refractivity contribution in [2.24, 2.45) is 0 Å². The lowest BCUT2D eigenvalue weighted by atomic mass is 9.98. The fraction of sp³-hybridized carbons (Fsp3) is 0.0833. The van der Waals surface area contributed by atoms with E-state index in [9.17, 15) is 4.39 Å². The van der Waals surface area contributed by atoms with Crippen LogP contribution in [0.4, 0.5) is 10.1 Å². The van der Waals surface area contributed by atoms with Gasteiger partial charge in [-0.1, -0.05) is 48.0 Å². The number of aromatic nitrogens is 1. The number of anilines is 1. The SMILES string of the molecule is C[C@@H](Nc1c(Cl)cnc2ccccc12)c1cc(-c2cccc(C#N)c2)ccc1F. The molecule has 0 aliphatic carbocycles. The van der Waals surface area contributed by atoms with Gasteiger partial charge in [-0.25, -0.2) is 4.39 Å². The van der Waals surface area contributed by atoms with Crippen LogP contribution in [0.25, 0.3) is 22.0 Å². The summed E-state index contributed by atoms with van der Waals surface area (Å²) in [6.45, 7) is 1.89. The van der Waals surface area contributed by atoms with E-state index in [1.54, 1.807) is 30.5 Å². The van der Waals surface area contributed by atoms with Gasteiger partial charge in [0.15, 0.2) is 0 Å². The predicted octanol–water partition coefficient (Wildman–Crippen LogP) is 6.74. The molecule has 0 aliphatic heterocycles. The van der Waals surface area contributed by atoms with Gasteiger partial charge in [-0.3, -0.25) is 4.98 Å². The number of pyridine rings is 1. The van der Waals surface area contributed by atoms with Gasteiger partial charge >= 0.3 is 0 Å². The fourth-order valence-electron chi connectivity index (χ4n) is 3.38. The molecule has 0 amide bonds. The molecular formula is C24H17ClFN3. The summed E-state index contributed by atoms with van der Waals surface area (Å²) in [6, 6.07) is 21.7. The molecular weight excluding hydrogens is 385 g/mol. The zero-order valence-corrected chi connectivity index (χ0v) is 16.4. The van der Waals surface area contributed by atoms with Crippen LogP contribution in [-0.4, -0.2) is 4.98 Å². The minimum Gasteiger partial charge on any atom is -0.377 e. The molecule has 4 rings (SSSR count). The van der Waals surface area contributed by atoms with Crippen molar-refractivity contribution in [2.45, 2.75) is 13.0 Å². The number of hydrogen-bond acceptors (Lipinski definition) is 3. The van der Waals surface area contributed by atoms with Gasteiger partial charge in [0.05, 0.1) is 33.9 Å². The van der Waals surface area contributed by atoms with E-state index in [4.69, 9.17) is 16.9 Å². The Balaban J connectivity index is 1.72. The van der Waals surface area contributed by atoms with E-state index < -0.39 is 0 Å². The molecule has 1 atom stereocenters. The predicted molar refractivity (Wildman–Crippen MR) is 115 cm³/mol. The molecule has 4 aromatic rings. The number of halogens is 2. The van der Waals surface area contributed by atoms with Crippen molar-refractivity contribution in [1.29, 1.82) is 5.26 Å². The second kappa shape index (κ2) is 7.90. The number of hydrogen-bond donors (Lipinski definition) is 1. The van der Waals surface area contributed by atoms with Crippen molar-refractivity contribution in [3.63, 3.8) is 0 Å². The van der Waals surface area contributed by atoms with Gasteiger partial charge in [-0.15, -0.1) is 0 Å². The van der Waals surface area contributed by atoms with Gasteiger partial charge in [-0.05, 0) is 48.4 Å². The van der Waals surface area contributed by atoms with Crippen molar-refractivity contribution in [3.05, 3.63) is 94.9 Å². The van der Waals surface area contributed by atoms with E-state index >= 15 is 0 Å². The first kappa shape index (κ1) is 18.9. The van der Waals surface area contributed by atoms with Gasteiger partial charge in [0, 0.05) is 17.1 Å². The van der Waals surface area contributed by atoms with E-state index in [0.717, 1.165) is 27.7 Å². The van der Waals surface area contributed by atoms with Crippen molar-refractivity contribution in [2.75, 3.05) is 5.32 Å². The monoisotopic (exact) mass is 401 g/mol.